The third kappa shape index (κ3) is 2.19. The maximum atomic E-state index is 11.9. The number of halogens is 1. The van der Waals surface area contributed by atoms with Crippen LogP contribution < -0.4 is 5.32 Å². The molecule has 17 heavy (non-hydrogen) atoms. The molecule has 1 saturated carbocycles. The van der Waals surface area contributed by atoms with Gasteiger partial charge in [0.2, 0.25) is 0 Å². The summed E-state index contributed by atoms with van der Waals surface area (Å²) in [6, 6.07) is 6.16. The summed E-state index contributed by atoms with van der Waals surface area (Å²) >= 11 is 6.40. The van der Waals surface area contributed by atoms with E-state index in [0.29, 0.717) is 5.92 Å². The van der Waals surface area contributed by atoms with E-state index in [4.69, 9.17) is 11.6 Å². The second-order valence-corrected chi connectivity index (χ2v) is 5.49. The van der Waals surface area contributed by atoms with Gasteiger partial charge in [-0.1, -0.05) is 12.1 Å². The fraction of sp³-hybridized carbons (Fsp3) is 0.500. The van der Waals surface area contributed by atoms with Crippen molar-refractivity contribution in [2.75, 3.05) is 6.54 Å². The Balaban J connectivity index is 1.95. The largest absolute Gasteiger partial charge is 0.352 e. The number of hydrogen-bond donors (Lipinski definition) is 1. The fourth-order valence-corrected chi connectivity index (χ4v) is 2.82. The van der Waals surface area contributed by atoms with Crippen molar-refractivity contribution in [3.05, 3.63) is 34.9 Å². The first-order valence-electron chi connectivity index (χ1n) is 6.31. The van der Waals surface area contributed by atoms with Crippen molar-refractivity contribution in [3.8, 4) is 0 Å². The normalized spacial score (nSPS) is 21.4. The molecule has 1 aromatic rings. The molecule has 2 aliphatic rings. The van der Waals surface area contributed by atoms with Crippen LogP contribution in [0.5, 0.6) is 0 Å². The summed E-state index contributed by atoms with van der Waals surface area (Å²) < 4.78 is 0. The molecule has 1 amide bonds. The highest BCUT2D eigenvalue weighted by Gasteiger charge is 2.31. The molecule has 1 heterocycles. The van der Waals surface area contributed by atoms with Crippen LogP contribution in [0.15, 0.2) is 18.2 Å². The zero-order valence-electron chi connectivity index (χ0n) is 9.71. The number of nitrogens with one attached hydrogen (secondary N) is 1. The minimum atomic E-state index is 0.0546. The molecule has 1 aromatic carbocycles. The van der Waals surface area contributed by atoms with Crippen molar-refractivity contribution in [2.24, 2.45) is 5.92 Å². The van der Waals surface area contributed by atoms with Gasteiger partial charge in [0.25, 0.3) is 5.91 Å². The third-order valence-electron chi connectivity index (χ3n) is 3.64. The van der Waals surface area contributed by atoms with Crippen molar-refractivity contribution in [1.82, 2.24) is 5.32 Å². The Bertz CT molecular complexity index is 454. The monoisotopic (exact) mass is 249 g/mol. The van der Waals surface area contributed by atoms with Crippen molar-refractivity contribution in [2.45, 2.75) is 31.1 Å². The molecule has 1 N–H and O–H groups in total. The van der Waals surface area contributed by atoms with Gasteiger partial charge in [0.15, 0.2) is 0 Å². The van der Waals surface area contributed by atoms with E-state index in [9.17, 15) is 4.79 Å². The van der Waals surface area contributed by atoms with Crippen LogP contribution in [0.25, 0.3) is 0 Å². The molecule has 90 valence electrons. The average molecular weight is 250 g/mol. The standard InChI is InChI=1S/C14H16ClNO/c15-13(10-4-5-10)11-6-3-9-2-1-7-16-14(17)12(9)8-11/h3,6,8,10,13H,1-2,4-5,7H2,(H,16,17). The molecule has 1 unspecified atom stereocenters. The van der Waals surface area contributed by atoms with Gasteiger partial charge >= 0.3 is 0 Å². The molecular formula is C14H16ClNO. The van der Waals surface area contributed by atoms with Crippen molar-refractivity contribution < 1.29 is 4.79 Å². The summed E-state index contributed by atoms with van der Waals surface area (Å²) in [5.74, 6) is 0.669. The van der Waals surface area contributed by atoms with E-state index in [-0.39, 0.29) is 11.3 Å². The Hall–Kier alpha value is -1.02. The molecule has 3 rings (SSSR count). The number of fused-ring (bicyclic) bond motifs is 1. The van der Waals surface area contributed by atoms with Crippen LogP contribution in [0.2, 0.25) is 0 Å². The molecule has 0 spiro atoms. The summed E-state index contributed by atoms with van der Waals surface area (Å²) in [4.78, 5) is 11.9. The molecule has 1 aliphatic carbocycles. The average Bonchev–Trinajstić information content (AvgIpc) is 3.17. The Morgan fingerprint density at radius 3 is 2.94 bits per heavy atom. The topological polar surface area (TPSA) is 29.1 Å². The van der Waals surface area contributed by atoms with Crippen LogP contribution in [-0.4, -0.2) is 12.5 Å². The number of carbonyl (C=O) groups is 1. The van der Waals surface area contributed by atoms with E-state index in [1.807, 2.05) is 6.07 Å². The van der Waals surface area contributed by atoms with Crippen LogP contribution in [0.1, 0.15) is 46.1 Å². The number of carbonyl (C=O) groups excluding carboxylic acids is 1. The quantitative estimate of drug-likeness (QED) is 0.802. The van der Waals surface area contributed by atoms with E-state index in [1.165, 1.54) is 12.8 Å². The smallest absolute Gasteiger partial charge is 0.251 e. The van der Waals surface area contributed by atoms with Gasteiger partial charge in [-0.3, -0.25) is 4.79 Å². The summed E-state index contributed by atoms with van der Waals surface area (Å²) in [6.45, 7) is 0.774. The van der Waals surface area contributed by atoms with E-state index < -0.39 is 0 Å². The highest BCUT2D eigenvalue weighted by Crippen LogP contribution is 2.45. The van der Waals surface area contributed by atoms with Gasteiger partial charge in [0.1, 0.15) is 0 Å². The molecule has 1 atom stereocenters. The molecule has 0 aromatic heterocycles. The predicted octanol–water partition coefficient (Wildman–Crippen LogP) is 3.05. The molecule has 1 aliphatic heterocycles. The number of aryl methyl sites for hydroxylation is 1. The van der Waals surface area contributed by atoms with Gasteiger partial charge in [-0.25, -0.2) is 0 Å². The minimum absolute atomic E-state index is 0.0546. The zero-order chi connectivity index (χ0) is 11.8. The Morgan fingerprint density at radius 1 is 1.35 bits per heavy atom. The van der Waals surface area contributed by atoms with Crippen molar-refractivity contribution in [3.63, 3.8) is 0 Å². The number of rotatable bonds is 2. The summed E-state index contributed by atoms with van der Waals surface area (Å²) in [5, 5.41) is 3.01. The van der Waals surface area contributed by atoms with Gasteiger partial charge in [0.05, 0.1) is 5.38 Å². The van der Waals surface area contributed by atoms with E-state index in [1.54, 1.807) is 0 Å². The molecule has 2 nitrogen and oxygen atoms in total. The lowest BCUT2D eigenvalue weighted by Gasteiger charge is -2.12. The fourth-order valence-electron chi connectivity index (χ4n) is 2.43. The van der Waals surface area contributed by atoms with Gasteiger partial charge in [-0.15, -0.1) is 11.6 Å². The van der Waals surface area contributed by atoms with Crippen molar-refractivity contribution >= 4 is 17.5 Å². The maximum absolute atomic E-state index is 11.9. The first kappa shape index (κ1) is 11.1. The Labute approximate surface area is 106 Å². The lowest BCUT2D eigenvalue weighted by Crippen LogP contribution is -2.22. The minimum Gasteiger partial charge on any atom is -0.352 e. The van der Waals surface area contributed by atoms with Crippen LogP contribution in [0.4, 0.5) is 0 Å². The lowest BCUT2D eigenvalue weighted by molar-refractivity contribution is 0.0956. The van der Waals surface area contributed by atoms with Crippen LogP contribution in [-0.2, 0) is 6.42 Å². The maximum Gasteiger partial charge on any atom is 0.251 e. The first-order chi connectivity index (χ1) is 8.25. The van der Waals surface area contributed by atoms with E-state index >= 15 is 0 Å². The first-order valence-corrected chi connectivity index (χ1v) is 6.74. The molecule has 0 saturated heterocycles. The number of hydrogen-bond acceptors (Lipinski definition) is 1. The molecule has 0 bridgehead atoms. The second kappa shape index (κ2) is 4.34. The van der Waals surface area contributed by atoms with E-state index in [0.717, 1.165) is 36.1 Å². The SMILES string of the molecule is O=C1NCCCc2ccc(C(Cl)C3CC3)cc21. The van der Waals surface area contributed by atoms with Crippen molar-refractivity contribution in [1.29, 1.82) is 0 Å². The molecule has 1 fully saturated rings. The Kier molecular flexibility index (Phi) is 2.83. The summed E-state index contributed by atoms with van der Waals surface area (Å²) in [7, 11) is 0. The third-order valence-corrected chi connectivity index (χ3v) is 4.25. The van der Waals surface area contributed by atoms with Gasteiger partial charge < -0.3 is 5.32 Å². The van der Waals surface area contributed by atoms with Crippen LogP contribution in [0.3, 0.4) is 0 Å². The van der Waals surface area contributed by atoms with Crippen LogP contribution >= 0.6 is 11.6 Å². The van der Waals surface area contributed by atoms with Gasteiger partial charge in [-0.2, -0.15) is 0 Å². The lowest BCUT2D eigenvalue weighted by atomic mass is 9.98. The summed E-state index contributed by atoms with van der Waals surface area (Å²) in [6.07, 6.45) is 4.44. The number of alkyl halides is 1. The van der Waals surface area contributed by atoms with Gasteiger partial charge in [0, 0.05) is 12.1 Å². The number of amides is 1. The predicted molar refractivity (Wildman–Crippen MR) is 68.4 cm³/mol. The van der Waals surface area contributed by atoms with E-state index in [2.05, 4.69) is 17.4 Å². The summed E-state index contributed by atoms with van der Waals surface area (Å²) in [5.41, 5.74) is 3.08. The molecule has 3 heteroatoms. The Morgan fingerprint density at radius 2 is 2.18 bits per heavy atom. The highest BCUT2D eigenvalue weighted by molar-refractivity contribution is 6.21. The van der Waals surface area contributed by atoms with Gasteiger partial charge in [-0.05, 0) is 48.8 Å². The number of benzene rings is 1. The highest BCUT2D eigenvalue weighted by atomic mass is 35.5. The molecular weight excluding hydrogens is 234 g/mol. The second-order valence-electron chi connectivity index (χ2n) is 5.02. The van der Waals surface area contributed by atoms with Crippen LogP contribution in [0, 0.1) is 5.92 Å². The molecule has 0 radical (unpaired) electrons. The zero-order valence-corrected chi connectivity index (χ0v) is 10.5.